The first-order valence-corrected chi connectivity index (χ1v) is 5.12. The van der Waals surface area contributed by atoms with Crippen molar-refractivity contribution in [1.29, 1.82) is 5.26 Å². The monoisotopic (exact) mass is 227 g/mol. The largest absolute Gasteiger partial charge is 0.192 e. The van der Waals surface area contributed by atoms with Gasteiger partial charge in [-0.3, -0.25) is 0 Å². The van der Waals surface area contributed by atoms with Crippen molar-refractivity contribution in [2.45, 2.75) is 0 Å². The normalized spacial score (nSPS) is 10.2. The molecule has 0 fully saturated rings. The second-order valence-electron chi connectivity index (χ2n) is 2.52. The zero-order valence-electron chi connectivity index (χ0n) is 6.34. The fourth-order valence-corrected chi connectivity index (χ4v) is 2.83. The Balaban J connectivity index is 2.92. The van der Waals surface area contributed by atoms with Crippen LogP contribution in [-0.2, 0) is 0 Å². The number of halogens is 2. The van der Waals surface area contributed by atoms with E-state index in [1.165, 1.54) is 11.3 Å². The zero-order valence-corrected chi connectivity index (χ0v) is 8.67. The van der Waals surface area contributed by atoms with Gasteiger partial charge in [0, 0.05) is 20.5 Å². The first kappa shape index (κ1) is 8.83. The maximum Gasteiger partial charge on any atom is 0.101 e. The summed E-state index contributed by atoms with van der Waals surface area (Å²) in [6.45, 7) is 0. The molecule has 2 rings (SSSR count). The molecule has 0 atom stereocenters. The number of benzene rings is 1. The Morgan fingerprint density at radius 3 is 2.77 bits per heavy atom. The lowest BCUT2D eigenvalue weighted by atomic mass is 10.2. The third-order valence-electron chi connectivity index (χ3n) is 1.71. The molecular formula is C9H3Cl2NS. The average molecular weight is 228 g/mol. The van der Waals surface area contributed by atoms with Crippen molar-refractivity contribution >= 4 is 44.6 Å². The maximum atomic E-state index is 8.78. The molecule has 0 saturated heterocycles. The summed E-state index contributed by atoms with van der Waals surface area (Å²) < 4.78 is 0.953. The van der Waals surface area contributed by atoms with E-state index in [4.69, 9.17) is 28.5 Å². The van der Waals surface area contributed by atoms with Crippen molar-refractivity contribution in [1.82, 2.24) is 0 Å². The highest BCUT2D eigenvalue weighted by atomic mass is 35.5. The SMILES string of the molecule is N#Cc1csc2cc(Cl)cc(Cl)c12. The van der Waals surface area contributed by atoms with E-state index < -0.39 is 0 Å². The predicted molar refractivity (Wildman–Crippen MR) is 56.6 cm³/mol. The van der Waals surface area contributed by atoms with E-state index in [-0.39, 0.29) is 0 Å². The van der Waals surface area contributed by atoms with Gasteiger partial charge in [0.25, 0.3) is 0 Å². The minimum Gasteiger partial charge on any atom is -0.192 e. The van der Waals surface area contributed by atoms with Gasteiger partial charge in [0.1, 0.15) is 6.07 Å². The molecule has 64 valence electrons. The van der Waals surface area contributed by atoms with E-state index in [0.29, 0.717) is 15.6 Å². The summed E-state index contributed by atoms with van der Waals surface area (Å²) in [6, 6.07) is 5.56. The maximum absolute atomic E-state index is 8.78. The third kappa shape index (κ3) is 1.40. The summed E-state index contributed by atoms with van der Waals surface area (Å²) in [7, 11) is 0. The highest BCUT2D eigenvalue weighted by Crippen LogP contribution is 2.34. The van der Waals surface area contributed by atoms with Gasteiger partial charge in [-0.1, -0.05) is 23.2 Å². The number of rotatable bonds is 0. The molecule has 1 heterocycles. The minimum absolute atomic E-state index is 0.542. The molecule has 0 aliphatic heterocycles. The van der Waals surface area contributed by atoms with Crippen molar-refractivity contribution in [3.05, 3.63) is 33.1 Å². The number of hydrogen-bond donors (Lipinski definition) is 0. The summed E-state index contributed by atoms with van der Waals surface area (Å²) >= 11 is 13.2. The summed E-state index contributed by atoms with van der Waals surface area (Å²) in [5.74, 6) is 0. The number of thiophene rings is 1. The highest BCUT2D eigenvalue weighted by Gasteiger charge is 2.08. The van der Waals surface area contributed by atoms with E-state index >= 15 is 0 Å². The van der Waals surface area contributed by atoms with E-state index in [1.54, 1.807) is 11.4 Å². The number of nitrogens with zero attached hydrogens (tertiary/aromatic N) is 1. The van der Waals surface area contributed by atoms with Crippen molar-refractivity contribution in [2.75, 3.05) is 0 Å². The van der Waals surface area contributed by atoms with Gasteiger partial charge in [-0.2, -0.15) is 5.26 Å². The Bertz CT molecular complexity index is 510. The van der Waals surface area contributed by atoms with Crippen LogP contribution in [0, 0.1) is 11.3 Å². The van der Waals surface area contributed by atoms with Crippen molar-refractivity contribution < 1.29 is 0 Å². The van der Waals surface area contributed by atoms with Crippen LogP contribution < -0.4 is 0 Å². The van der Waals surface area contributed by atoms with Gasteiger partial charge >= 0.3 is 0 Å². The molecule has 0 saturated carbocycles. The van der Waals surface area contributed by atoms with Gasteiger partial charge in [-0.05, 0) is 12.1 Å². The summed E-state index contributed by atoms with van der Waals surface area (Å²) in [6.07, 6.45) is 0. The topological polar surface area (TPSA) is 23.8 Å². The van der Waals surface area contributed by atoms with Crippen LogP contribution >= 0.6 is 34.5 Å². The quantitative estimate of drug-likeness (QED) is 0.666. The fraction of sp³-hybridized carbons (Fsp3) is 0. The first-order valence-electron chi connectivity index (χ1n) is 3.48. The lowest BCUT2D eigenvalue weighted by Gasteiger charge is -1.95. The Kier molecular flexibility index (Phi) is 2.17. The molecule has 1 nitrogen and oxygen atoms in total. The van der Waals surface area contributed by atoms with Crippen LogP contribution in [0.2, 0.25) is 10.0 Å². The average Bonchev–Trinajstić information content (AvgIpc) is 2.47. The van der Waals surface area contributed by atoms with Crippen LogP contribution in [0.15, 0.2) is 17.5 Å². The summed E-state index contributed by atoms with van der Waals surface area (Å²) in [5.41, 5.74) is 0.613. The summed E-state index contributed by atoms with van der Waals surface area (Å²) in [5, 5.41) is 12.5. The molecule has 0 unspecified atom stereocenters. The van der Waals surface area contributed by atoms with E-state index in [2.05, 4.69) is 6.07 Å². The number of nitriles is 1. The molecule has 2 aromatic rings. The van der Waals surface area contributed by atoms with Gasteiger partial charge < -0.3 is 0 Å². The predicted octanol–water partition coefficient (Wildman–Crippen LogP) is 4.08. The lowest BCUT2D eigenvalue weighted by molar-refractivity contribution is 1.52. The van der Waals surface area contributed by atoms with Crippen LogP contribution in [0.5, 0.6) is 0 Å². The van der Waals surface area contributed by atoms with Crippen molar-refractivity contribution in [2.24, 2.45) is 0 Å². The van der Waals surface area contributed by atoms with Crippen LogP contribution in [0.1, 0.15) is 5.56 Å². The van der Waals surface area contributed by atoms with Crippen LogP contribution in [0.3, 0.4) is 0 Å². The molecule has 0 amide bonds. The fourth-order valence-electron chi connectivity index (χ4n) is 1.17. The van der Waals surface area contributed by atoms with Gasteiger partial charge in [0.2, 0.25) is 0 Å². The molecule has 0 N–H and O–H groups in total. The smallest absolute Gasteiger partial charge is 0.101 e. The standard InChI is InChI=1S/C9H3Cl2NS/c10-6-1-7(11)9-5(3-12)4-13-8(9)2-6/h1-2,4H. The molecular weight excluding hydrogens is 225 g/mol. The Morgan fingerprint density at radius 2 is 2.08 bits per heavy atom. The van der Waals surface area contributed by atoms with Gasteiger partial charge in [-0.15, -0.1) is 11.3 Å². The van der Waals surface area contributed by atoms with Crippen molar-refractivity contribution in [3.63, 3.8) is 0 Å². The number of fused-ring (bicyclic) bond motifs is 1. The molecule has 0 radical (unpaired) electrons. The molecule has 0 bridgehead atoms. The molecule has 0 aliphatic carbocycles. The van der Waals surface area contributed by atoms with Crippen LogP contribution in [0.4, 0.5) is 0 Å². The molecule has 13 heavy (non-hydrogen) atoms. The molecule has 4 heteroatoms. The van der Waals surface area contributed by atoms with E-state index in [9.17, 15) is 0 Å². The second kappa shape index (κ2) is 3.19. The molecule has 0 spiro atoms. The third-order valence-corrected chi connectivity index (χ3v) is 3.16. The van der Waals surface area contributed by atoms with Gasteiger partial charge in [0.05, 0.1) is 10.6 Å². The Labute approximate surface area is 89.1 Å². The molecule has 1 aromatic heterocycles. The Morgan fingerprint density at radius 1 is 1.31 bits per heavy atom. The first-order chi connectivity index (χ1) is 6.22. The van der Waals surface area contributed by atoms with E-state index in [0.717, 1.165) is 10.1 Å². The highest BCUT2D eigenvalue weighted by molar-refractivity contribution is 7.17. The lowest BCUT2D eigenvalue weighted by Crippen LogP contribution is -1.72. The van der Waals surface area contributed by atoms with Gasteiger partial charge in [0.15, 0.2) is 0 Å². The van der Waals surface area contributed by atoms with Crippen molar-refractivity contribution in [3.8, 4) is 6.07 Å². The number of hydrogen-bond acceptors (Lipinski definition) is 2. The molecule has 1 aromatic carbocycles. The second-order valence-corrected chi connectivity index (χ2v) is 4.28. The molecule has 0 aliphatic rings. The van der Waals surface area contributed by atoms with Crippen LogP contribution in [-0.4, -0.2) is 0 Å². The van der Waals surface area contributed by atoms with Gasteiger partial charge in [-0.25, -0.2) is 0 Å². The summed E-state index contributed by atoms with van der Waals surface area (Å²) in [4.78, 5) is 0. The van der Waals surface area contributed by atoms with Crippen LogP contribution in [0.25, 0.3) is 10.1 Å². The van der Waals surface area contributed by atoms with E-state index in [1.807, 2.05) is 6.07 Å². The zero-order chi connectivity index (χ0) is 9.42. The Hall–Kier alpha value is -0.750. The minimum atomic E-state index is 0.542.